The van der Waals surface area contributed by atoms with Gasteiger partial charge in [-0.15, -0.1) is 0 Å². The first-order valence-electron chi connectivity index (χ1n) is 7.59. The molecule has 0 aliphatic carbocycles. The van der Waals surface area contributed by atoms with Crippen LogP contribution in [-0.2, 0) is 6.54 Å². The summed E-state index contributed by atoms with van der Waals surface area (Å²) in [5, 5.41) is 6.22. The minimum absolute atomic E-state index is 0.0914. The van der Waals surface area contributed by atoms with E-state index >= 15 is 0 Å². The summed E-state index contributed by atoms with van der Waals surface area (Å²) in [6, 6.07) is 7.58. The van der Waals surface area contributed by atoms with Gasteiger partial charge in [0.15, 0.2) is 0 Å². The van der Waals surface area contributed by atoms with Crippen LogP contribution in [0.5, 0.6) is 0 Å². The second-order valence-corrected chi connectivity index (χ2v) is 5.27. The van der Waals surface area contributed by atoms with E-state index in [1.807, 2.05) is 19.1 Å². The molecule has 2 heterocycles. The number of anilines is 1. The number of nitrogens with zero attached hydrogens (tertiary/aromatic N) is 2. The molecular weight excluding hydrogens is 276 g/mol. The van der Waals surface area contributed by atoms with Crippen LogP contribution >= 0.6 is 0 Å². The summed E-state index contributed by atoms with van der Waals surface area (Å²) in [6.45, 7) is 4.72. The maximum absolute atomic E-state index is 12.4. The topological polar surface area (TPSA) is 66.9 Å². The van der Waals surface area contributed by atoms with E-state index in [2.05, 4.69) is 27.5 Å². The van der Waals surface area contributed by atoms with Crippen LogP contribution in [0.15, 0.2) is 42.9 Å². The van der Waals surface area contributed by atoms with Crippen molar-refractivity contribution in [3.8, 4) is 0 Å². The molecule has 0 aromatic carbocycles. The van der Waals surface area contributed by atoms with E-state index in [1.165, 1.54) is 0 Å². The minimum Gasteiger partial charge on any atom is -0.365 e. The van der Waals surface area contributed by atoms with E-state index in [-0.39, 0.29) is 11.9 Å². The SMILES string of the molecule is CCCC(C)NC(=O)c1cccnc1NCc1ccncc1. The van der Waals surface area contributed by atoms with E-state index in [1.54, 1.807) is 30.7 Å². The van der Waals surface area contributed by atoms with Crippen LogP contribution in [-0.4, -0.2) is 21.9 Å². The first-order valence-corrected chi connectivity index (χ1v) is 7.59. The highest BCUT2D eigenvalue weighted by atomic mass is 16.1. The molecular formula is C17H22N4O. The van der Waals surface area contributed by atoms with Crippen LogP contribution in [0.4, 0.5) is 5.82 Å². The van der Waals surface area contributed by atoms with E-state index in [9.17, 15) is 4.79 Å². The highest BCUT2D eigenvalue weighted by molar-refractivity contribution is 5.98. The average molecular weight is 298 g/mol. The molecule has 1 amide bonds. The number of hydrogen-bond donors (Lipinski definition) is 2. The Morgan fingerprint density at radius 1 is 1.23 bits per heavy atom. The van der Waals surface area contributed by atoms with Crippen LogP contribution in [0.1, 0.15) is 42.6 Å². The number of aromatic nitrogens is 2. The van der Waals surface area contributed by atoms with Gasteiger partial charge in [0.05, 0.1) is 5.56 Å². The zero-order valence-electron chi connectivity index (χ0n) is 13.0. The van der Waals surface area contributed by atoms with Crippen LogP contribution in [0.2, 0.25) is 0 Å². The van der Waals surface area contributed by atoms with Crippen molar-refractivity contribution in [1.29, 1.82) is 0 Å². The molecule has 2 aromatic heterocycles. The monoisotopic (exact) mass is 298 g/mol. The van der Waals surface area contributed by atoms with Gasteiger partial charge in [-0.2, -0.15) is 0 Å². The van der Waals surface area contributed by atoms with Crippen LogP contribution in [0.3, 0.4) is 0 Å². The van der Waals surface area contributed by atoms with Crippen molar-refractivity contribution in [2.45, 2.75) is 39.3 Å². The van der Waals surface area contributed by atoms with Gasteiger partial charge in [-0.05, 0) is 43.2 Å². The number of nitrogens with one attached hydrogen (secondary N) is 2. The Morgan fingerprint density at radius 3 is 2.73 bits per heavy atom. The number of pyridine rings is 2. The first kappa shape index (κ1) is 15.9. The Kier molecular flexibility index (Phi) is 5.89. The lowest BCUT2D eigenvalue weighted by Crippen LogP contribution is -2.33. The lowest BCUT2D eigenvalue weighted by molar-refractivity contribution is 0.0939. The van der Waals surface area contributed by atoms with Gasteiger partial charge in [-0.1, -0.05) is 13.3 Å². The Labute approximate surface area is 131 Å². The highest BCUT2D eigenvalue weighted by Crippen LogP contribution is 2.13. The number of carbonyl (C=O) groups is 1. The van der Waals surface area contributed by atoms with E-state index in [0.717, 1.165) is 18.4 Å². The standard InChI is InChI=1S/C17H22N4O/c1-3-5-13(2)21-17(22)15-6-4-9-19-16(15)20-12-14-7-10-18-11-8-14/h4,6-11,13H,3,5,12H2,1-2H3,(H,19,20)(H,21,22). The molecule has 1 unspecified atom stereocenters. The molecule has 116 valence electrons. The van der Waals surface area contributed by atoms with E-state index in [0.29, 0.717) is 17.9 Å². The van der Waals surface area contributed by atoms with Gasteiger partial charge in [-0.3, -0.25) is 9.78 Å². The van der Waals surface area contributed by atoms with Gasteiger partial charge in [0.1, 0.15) is 5.82 Å². The molecule has 5 heteroatoms. The largest absolute Gasteiger partial charge is 0.365 e. The summed E-state index contributed by atoms with van der Waals surface area (Å²) in [4.78, 5) is 20.6. The molecule has 0 fully saturated rings. The fourth-order valence-electron chi connectivity index (χ4n) is 2.22. The third kappa shape index (κ3) is 4.55. The third-order valence-corrected chi connectivity index (χ3v) is 3.36. The Bertz CT molecular complexity index is 601. The summed E-state index contributed by atoms with van der Waals surface area (Å²) in [5.41, 5.74) is 1.66. The third-order valence-electron chi connectivity index (χ3n) is 3.36. The van der Waals surface area contributed by atoms with Crippen LogP contribution in [0.25, 0.3) is 0 Å². The summed E-state index contributed by atoms with van der Waals surface area (Å²) in [6.07, 6.45) is 7.18. The quantitative estimate of drug-likeness (QED) is 0.824. The Morgan fingerprint density at radius 2 is 2.00 bits per heavy atom. The van der Waals surface area contributed by atoms with Gasteiger partial charge < -0.3 is 10.6 Å². The van der Waals surface area contributed by atoms with Crippen molar-refractivity contribution in [3.05, 3.63) is 54.0 Å². The smallest absolute Gasteiger partial charge is 0.255 e. The fourth-order valence-corrected chi connectivity index (χ4v) is 2.22. The predicted octanol–water partition coefficient (Wildman–Crippen LogP) is 3.01. The Balaban J connectivity index is 2.04. The molecule has 0 bridgehead atoms. The molecule has 2 N–H and O–H groups in total. The number of carbonyl (C=O) groups excluding carboxylic acids is 1. The molecule has 0 aliphatic rings. The number of amides is 1. The van der Waals surface area contributed by atoms with Gasteiger partial charge in [0.2, 0.25) is 0 Å². The zero-order chi connectivity index (χ0) is 15.8. The van der Waals surface area contributed by atoms with Gasteiger partial charge in [-0.25, -0.2) is 4.98 Å². The molecule has 0 saturated heterocycles. The number of hydrogen-bond acceptors (Lipinski definition) is 4. The minimum atomic E-state index is -0.0914. The average Bonchev–Trinajstić information content (AvgIpc) is 2.54. The molecule has 0 aliphatic heterocycles. The summed E-state index contributed by atoms with van der Waals surface area (Å²) < 4.78 is 0. The second kappa shape index (κ2) is 8.12. The molecule has 2 aromatic rings. The summed E-state index contributed by atoms with van der Waals surface area (Å²) in [7, 11) is 0. The number of rotatable bonds is 7. The zero-order valence-corrected chi connectivity index (χ0v) is 13.0. The van der Waals surface area contributed by atoms with Crippen molar-refractivity contribution in [3.63, 3.8) is 0 Å². The van der Waals surface area contributed by atoms with Crippen molar-refractivity contribution in [2.75, 3.05) is 5.32 Å². The summed E-state index contributed by atoms with van der Waals surface area (Å²) in [5.74, 6) is 0.506. The van der Waals surface area contributed by atoms with Gasteiger partial charge in [0.25, 0.3) is 5.91 Å². The lowest BCUT2D eigenvalue weighted by atomic mass is 10.1. The first-order chi connectivity index (χ1) is 10.7. The maximum atomic E-state index is 12.4. The van der Waals surface area contributed by atoms with Gasteiger partial charge in [0, 0.05) is 31.2 Å². The fraction of sp³-hybridized carbons (Fsp3) is 0.353. The van der Waals surface area contributed by atoms with Crippen molar-refractivity contribution in [1.82, 2.24) is 15.3 Å². The van der Waals surface area contributed by atoms with E-state index < -0.39 is 0 Å². The van der Waals surface area contributed by atoms with Crippen molar-refractivity contribution in [2.24, 2.45) is 0 Å². The maximum Gasteiger partial charge on any atom is 0.255 e. The highest BCUT2D eigenvalue weighted by Gasteiger charge is 2.14. The molecule has 2 rings (SSSR count). The second-order valence-electron chi connectivity index (χ2n) is 5.27. The molecule has 0 radical (unpaired) electrons. The van der Waals surface area contributed by atoms with E-state index in [4.69, 9.17) is 0 Å². The van der Waals surface area contributed by atoms with Crippen LogP contribution < -0.4 is 10.6 Å². The normalized spacial score (nSPS) is 11.7. The molecule has 5 nitrogen and oxygen atoms in total. The molecule has 1 atom stereocenters. The predicted molar refractivity (Wildman–Crippen MR) is 87.6 cm³/mol. The van der Waals surface area contributed by atoms with Crippen molar-refractivity contribution >= 4 is 11.7 Å². The lowest BCUT2D eigenvalue weighted by Gasteiger charge is -2.15. The van der Waals surface area contributed by atoms with Crippen LogP contribution in [0, 0.1) is 0 Å². The Hall–Kier alpha value is -2.43. The molecule has 22 heavy (non-hydrogen) atoms. The van der Waals surface area contributed by atoms with Crippen molar-refractivity contribution < 1.29 is 4.79 Å². The molecule has 0 saturated carbocycles. The molecule has 0 spiro atoms. The summed E-state index contributed by atoms with van der Waals surface area (Å²) >= 11 is 0. The van der Waals surface area contributed by atoms with Gasteiger partial charge >= 0.3 is 0 Å².